The number of nitrogens with one attached hydrogen (secondary N) is 1. The highest BCUT2D eigenvalue weighted by atomic mass is 16.6. The number of aryl methyl sites for hydroxylation is 2. The van der Waals surface area contributed by atoms with Crippen molar-refractivity contribution in [2.24, 2.45) is 5.10 Å². The van der Waals surface area contributed by atoms with Crippen molar-refractivity contribution < 1.29 is 23.7 Å². The number of non-ortho nitro benzene ring substituents is 1. The number of hydrogen-bond donors (Lipinski definition) is 1. The molecule has 0 saturated carbocycles. The maximum Gasteiger partial charge on any atom is 0.343 e. The van der Waals surface area contributed by atoms with Crippen LogP contribution in [-0.2, 0) is 0 Å². The maximum atomic E-state index is 12.2. The molecule has 9 nitrogen and oxygen atoms in total. The summed E-state index contributed by atoms with van der Waals surface area (Å²) < 4.78 is 10.5. The van der Waals surface area contributed by atoms with E-state index in [1.165, 1.54) is 24.4 Å². The fraction of sp³-hybridized carbons (Fsp3) is 0.0952. The molecule has 3 rings (SSSR count). The molecule has 30 heavy (non-hydrogen) atoms. The molecule has 1 amide bonds. The standard InChI is InChI=1S/C21H17N3O6/c1-13-10-19(14(2)29-13)20(25)23-22-12-15-6-8-18(9-7-15)30-21(26)16-4-3-5-17(11-16)24(27)28/h3-12H,1-2H3,(H,23,25)/b22-12-. The fourth-order valence-electron chi connectivity index (χ4n) is 2.62. The van der Waals surface area contributed by atoms with Crippen LogP contribution in [0.15, 0.2) is 64.1 Å². The first-order valence-electron chi connectivity index (χ1n) is 8.80. The molecule has 0 aliphatic carbocycles. The Hall–Kier alpha value is -4.27. The number of nitro benzene ring substituents is 1. The van der Waals surface area contributed by atoms with Crippen LogP contribution in [-0.4, -0.2) is 23.0 Å². The van der Waals surface area contributed by atoms with Crippen molar-refractivity contribution >= 4 is 23.8 Å². The number of hydrazone groups is 1. The van der Waals surface area contributed by atoms with Crippen LogP contribution in [0.2, 0.25) is 0 Å². The molecule has 1 heterocycles. The summed E-state index contributed by atoms with van der Waals surface area (Å²) in [5, 5.41) is 14.7. The van der Waals surface area contributed by atoms with E-state index in [1.807, 2.05) is 0 Å². The highest BCUT2D eigenvalue weighted by Crippen LogP contribution is 2.17. The average Bonchev–Trinajstić information content (AvgIpc) is 3.07. The van der Waals surface area contributed by atoms with Gasteiger partial charge in [-0.1, -0.05) is 6.07 Å². The number of furan rings is 1. The number of rotatable bonds is 6. The largest absolute Gasteiger partial charge is 0.466 e. The molecule has 2 aromatic carbocycles. The van der Waals surface area contributed by atoms with E-state index >= 15 is 0 Å². The normalized spacial score (nSPS) is 10.7. The van der Waals surface area contributed by atoms with Gasteiger partial charge in [0.2, 0.25) is 0 Å². The SMILES string of the molecule is Cc1cc(C(=O)N/N=C\c2ccc(OC(=O)c3cccc([N+](=O)[O-])c3)cc2)c(C)o1. The van der Waals surface area contributed by atoms with Gasteiger partial charge in [-0.2, -0.15) is 5.10 Å². The second-order valence-corrected chi connectivity index (χ2v) is 6.29. The number of nitro groups is 1. The Bertz CT molecular complexity index is 1130. The van der Waals surface area contributed by atoms with Crippen molar-refractivity contribution in [1.82, 2.24) is 5.43 Å². The minimum absolute atomic E-state index is 0.0716. The molecule has 0 bridgehead atoms. The maximum absolute atomic E-state index is 12.2. The van der Waals surface area contributed by atoms with Gasteiger partial charge in [0, 0.05) is 12.1 Å². The van der Waals surface area contributed by atoms with Crippen LogP contribution in [0.3, 0.4) is 0 Å². The zero-order valence-corrected chi connectivity index (χ0v) is 16.1. The van der Waals surface area contributed by atoms with Crippen LogP contribution < -0.4 is 10.2 Å². The van der Waals surface area contributed by atoms with E-state index in [2.05, 4.69) is 10.5 Å². The Kier molecular flexibility index (Phi) is 6.02. The lowest BCUT2D eigenvalue weighted by Crippen LogP contribution is -2.17. The fourth-order valence-corrected chi connectivity index (χ4v) is 2.62. The van der Waals surface area contributed by atoms with E-state index in [0.717, 1.165) is 6.07 Å². The molecule has 0 aliphatic rings. The smallest absolute Gasteiger partial charge is 0.343 e. The van der Waals surface area contributed by atoms with Gasteiger partial charge in [-0.3, -0.25) is 14.9 Å². The van der Waals surface area contributed by atoms with E-state index in [-0.39, 0.29) is 22.9 Å². The monoisotopic (exact) mass is 407 g/mol. The molecule has 1 aromatic heterocycles. The highest BCUT2D eigenvalue weighted by molar-refractivity contribution is 5.96. The second kappa shape index (κ2) is 8.82. The van der Waals surface area contributed by atoms with Gasteiger partial charge in [-0.25, -0.2) is 10.2 Å². The molecule has 0 aliphatic heterocycles. The Labute approximate surface area is 171 Å². The molecule has 9 heteroatoms. The average molecular weight is 407 g/mol. The minimum Gasteiger partial charge on any atom is -0.466 e. The van der Waals surface area contributed by atoms with Crippen molar-refractivity contribution in [2.45, 2.75) is 13.8 Å². The minimum atomic E-state index is -0.710. The molecule has 0 radical (unpaired) electrons. The third-order valence-electron chi connectivity index (χ3n) is 4.05. The van der Waals surface area contributed by atoms with Crippen LogP contribution in [0.4, 0.5) is 5.69 Å². The lowest BCUT2D eigenvalue weighted by Gasteiger charge is -2.04. The lowest BCUT2D eigenvalue weighted by atomic mass is 10.2. The number of nitrogens with zero attached hydrogens (tertiary/aromatic N) is 2. The molecule has 0 saturated heterocycles. The number of carbonyl (C=O) groups excluding carboxylic acids is 2. The summed E-state index contributed by atoms with van der Waals surface area (Å²) in [6.45, 7) is 3.44. The Morgan fingerprint density at radius 2 is 1.87 bits per heavy atom. The van der Waals surface area contributed by atoms with Crippen LogP contribution in [0.25, 0.3) is 0 Å². The van der Waals surface area contributed by atoms with Gasteiger partial charge in [0.05, 0.1) is 22.3 Å². The number of benzene rings is 2. The van der Waals surface area contributed by atoms with Gasteiger partial charge in [0.15, 0.2) is 0 Å². The van der Waals surface area contributed by atoms with E-state index < -0.39 is 10.9 Å². The zero-order chi connectivity index (χ0) is 21.7. The van der Waals surface area contributed by atoms with E-state index in [4.69, 9.17) is 9.15 Å². The molecule has 3 aromatic rings. The molecule has 0 fully saturated rings. The lowest BCUT2D eigenvalue weighted by molar-refractivity contribution is -0.384. The van der Waals surface area contributed by atoms with Crippen LogP contribution in [0.1, 0.15) is 37.8 Å². The summed E-state index contributed by atoms with van der Waals surface area (Å²) >= 11 is 0. The number of amides is 1. The predicted molar refractivity (Wildman–Crippen MR) is 108 cm³/mol. The van der Waals surface area contributed by atoms with Gasteiger partial charge in [0.1, 0.15) is 17.3 Å². The number of ether oxygens (including phenoxy) is 1. The highest BCUT2D eigenvalue weighted by Gasteiger charge is 2.14. The summed E-state index contributed by atoms with van der Waals surface area (Å²) in [5.74, 6) is 0.311. The van der Waals surface area contributed by atoms with Gasteiger partial charge in [-0.15, -0.1) is 0 Å². The Morgan fingerprint density at radius 1 is 1.13 bits per heavy atom. The van der Waals surface area contributed by atoms with Crippen molar-refractivity contribution in [3.05, 3.63) is 92.9 Å². The molecular formula is C21H17N3O6. The van der Waals surface area contributed by atoms with Crippen LogP contribution >= 0.6 is 0 Å². The zero-order valence-electron chi connectivity index (χ0n) is 16.1. The predicted octanol–water partition coefficient (Wildman–Crippen LogP) is 3.79. The van der Waals surface area contributed by atoms with E-state index in [1.54, 1.807) is 44.2 Å². The van der Waals surface area contributed by atoms with Crippen molar-refractivity contribution in [3.63, 3.8) is 0 Å². The molecule has 1 N–H and O–H groups in total. The Balaban J connectivity index is 1.59. The Morgan fingerprint density at radius 3 is 2.50 bits per heavy atom. The van der Waals surface area contributed by atoms with Gasteiger partial charge in [-0.05, 0) is 55.8 Å². The molecule has 152 valence electrons. The second-order valence-electron chi connectivity index (χ2n) is 6.29. The van der Waals surface area contributed by atoms with Crippen molar-refractivity contribution in [2.75, 3.05) is 0 Å². The topological polar surface area (TPSA) is 124 Å². The summed E-state index contributed by atoms with van der Waals surface area (Å²) in [6.07, 6.45) is 1.44. The van der Waals surface area contributed by atoms with E-state index in [0.29, 0.717) is 22.6 Å². The first-order chi connectivity index (χ1) is 14.3. The number of esters is 1. The first-order valence-corrected chi connectivity index (χ1v) is 8.80. The summed E-state index contributed by atoms with van der Waals surface area (Å²) in [5.41, 5.74) is 3.36. The number of hydrogen-bond acceptors (Lipinski definition) is 7. The third kappa shape index (κ3) is 4.96. The molecular weight excluding hydrogens is 390 g/mol. The van der Waals surface area contributed by atoms with E-state index in [9.17, 15) is 19.7 Å². The third-order valence-corrected chi connectivity index (χ3v) is 4.05. The molecule has 0 spiro atoms. The molecule has 0 unspecified atom stereocenters. The summed E-state index contributed by atoms with van der Waals surface area (Å²) in [6, 6.07) is 13.3. The quantitative estimate of drug-likeness (QED) is 0.218. The van der Waals surface area contributed by atoms with Gasteiger partial charge in [0.25, 0.3) is 11.6 Å². The number of carbonyl (C=O) groups is 2. The van der Waals surface area contributed by atoms with Crippen LogP contribution in [0.5, 0.6) is 5.75 Å². The van der Waals surface area contributed by atoms with Gasteiger partial charge >= 0.3 is 5.97 Å². The summed E-state index contributed by atoms with van der Waals surface area (Å²) in [4.78, 5) is 34.4. The van der Waals surface area contributed by atoms with Crippen molar-refractivity contribution in [3.8, 4) is 5.75 Å². The molecule has 0 atom stereocenters. The van der Waals surface area contributed by atoms with Crippen LogP contribution in [0, 0.1) is 24.0 Å². The summed E-state index contributed by atoms with van der Waals surface area (Å²) in [7, 11) is 0. The van der Waals surface area contributed by atoms with Crippen molar-refractivity contribution in [1.29, 1.82) is 0 Å². The van der Waals surface area contributed by atoms with Gasteiger partial charge < -0.3 is 9.15 Å². The first kappa shape index (κ1) is 20.5.